The average molecular weight is 267 g/mol. The van der Waals surface area contributed by atoms with E-state index in [1.54, 1.807) is 13.2 Å². The van der Waals surface area contributed by atoms with Crippen molar-refractivity contribution in [3.8, 4) is 0 Å². The van der Waals surface area contributed by atoms with E-state index in [9.17, 15) is 4.39 Å². The third-order valence-corrected chi connectivity index (χ3v) is 3.46. The predicted molar refractivity (Wildman–Crippen MR) is 71.5 cm³/mol. The van der Waals surface area contributed by atoms with Crippen LogP contribution >= 0.6 is 0 Å². The van der Waals surface area contributed by atoms with Crippen LogP contribution in [0.5, 0.6) is 0 Å². The van der Waals surface area contributed by atoms with Gasteiger partial charge in [0.25, 0.3) is 0 Å². The Bertz CT molecular complexity index is 430. The standard InChI is InChI=1S/C13H19BFNO3/c1-19-9-10-2-3-16(7-10)8-11-4-12(14(17)18)6-13(15)5-11/h4-6,10,17-18H,2-3,7-9H2,1H3. The molecule has 0 bridgehead atoms. The molecule has 4 nitrogen and oxygen atoms in total. The SMILES string of the molecule is COCC1CCN(Cc2cc(F)cc(B(O)O)c2)C1. The molecule has 19 heavy (non-hydrogen) atoms. The zero-order chi connectivity index (χ0) is 13.8. The van der Waals surface area contributed by atoms with Crippen LogP contribution < -0.4 is 5.46 Å². The molecule has 1 unspecified atom stereocenters. The normalized spacial score (nSPS) is 19.9. The molecule has 1 aromatic rings. The summed E-state index contributed by atoms with van der Waals surface area (Å²) in [6.07, 6.45) is 1.08. The summed E-state index contributed by atoms with van der Waals surface area (Å²) in [7, 11) is 0.0683. The molecule has 0 radical (unpaired) electrons. The molecular formula is C13H19BFNO3. The maximum Gasteiger partial charge on any atom is 0.488 e. The molecule has 1 heterocycles. The van der Waals surface area contributed by atoms with Crippen molar-refractivity contribution in [2.45, 2.75) is 13.0 Å². The minimum atomic E-state index is -1.63. The van der Waals surface area contributed by atoms with Gasteiger partial charge in [-0.3, -0.25) is 4.90 Å². The van der Waals surface area contributed by atoms with E-state index in [1.807, 2.05) is 0 Å². The van der Waals surface area contributed by atoms with E-state index in [1.165, 1.54) is 6.07 Å². The molecule has 2 rings (SSSR count). The Balaban J connectivity index is 1.99. The maximum absolute atomic E-state index is 13.4. The number of nitrogens with zero attached hydrogens (tertiary/aromatic N) is 1. The lowest BCUT2D eigenvalue weighted by Gasteiger charge is -2.16. The molecule has 1 fully saturated rings. The molecular weight excluding hydrogens is 248 g/mol. The van der Waals surface area contributed by atoms with E-state index < -0.39 is 12.9 Å². The first-order valence-electron chi connectivity index (χ1n) is 6.45. The smallest absolute Gasteiger partial charge is 0.423 e. The summed E-state index contributed by atoms with van der Waals surface area (Å²) in [6, 6.07) is 4.22. The molecule has 1 aliphatic heterocycles. The number of benzene rings is 1. The van der Waals surface area contributed by atoms with Crippen LogP contribution in [0.15, 0.2) is 18.2 Å². The van der Waals surface area contributed by atoms with Crippen molar-refractivity contribution in [1.29, 1.82) is 0 Å². The molecule has 1 aromatic carbocycles. The maximum atomic E-state index is 13.4. The van der Waals surface area contributed by atoms with Gasteiger partial charge in [0.1, 0.15) is 5.82 Å². The summed E-state index contributed by atoms with van der Waals surface area (Å²) >= 11 is 0. The van der Waals surface area contributed by atoms with Crippen molar-refractivity contribution in [1.82, 2.24) is 4.90 Å². The minimum Gasteiger partial charge on any atom is -0.423 e. The molecule has 0 aliphatic carbocycles. The number of hydrogen-bond donors (Lipinski definition) is 2. The van der Waals surface area contributed by atoms with Gasteiger partial charge in [0, 0.05) is 20.2 Å². The molecule has 0 aromatic heterocycles. The van der Waals surface area contributed by atoms with Crippen molar-refractivity contribution in [2.75, 3.05) is 26.8 Å². The second-order valence-electron chi connectivity index (χ2n) is 5.11. The number of hydrogen-bond acceptors (Lipinski definition) is 4. The van der Waals surface area contributed by atoms with Crippen molar-refractivity contribution in [3.63, 3.8) is 0 Å². The lowest BCUT2D eigenvalue weighted by Crippen LogP contribution is -2.31. The Morgan fingerprint density at radius 1 is 1.42 bits per heavy atom. The predicted octanol–water partition coefficient (Wildman–Crippen LogP) is -0.0262. The van der Waals surface area contributed by atoms with Gasteiger partial charge in [-0.05, 0) is 42.0 Å². The van der Waals surface area contributed by atoms with Gasteiger partial charge in [-0.1, -0.05) is 6.07 Å². The average Bonchev–Trinajstić information content (AvgIpc) is 2.76. The Kier molecular flexibility index (Phi) is 4.93. The van der Waals surface area contributed by atoms with Crippen LogP contribution in [-0.2, 0) is 11.3 Å². The molecule has 6 heteroatoms. The molecule has 1 saturated heterocycles. The lowest BCUT2D eigenvalue weighted by atomic mass is 9.79. The summed E-state index contributed by atoms with van der Waals surface area (Å²) in [5.41, 5.74) is 0.962. The van der Waals surface area contributed by atoms with E-state index >= 15 is 0 Å². The van der Waals surface area contributed by atoms with Gasteiger partial charge in [-0.2, -0.15) is 0 Å². The van der Waals surface area contributed by atoms with E-state index in [4.69, 9.17) is 14.8 Å². The van der Waals surface area contributed by atoms with Gasteiger partial charge in [0.05, 0.1) is 6.61 Å². The third-order valence-electron chi connectivity index (χ3n) is 3.46. The number of ether oxygens (including phenoxy) is 1. The van der Waals surface area contributed by atoms with Gasteiger partial charge in [-0.25, -0.2) is 4.39 Å². The third kappa shape index (κ3) is 4.01. The fourth-order valence-electron chi connectivity index (χ4n) is 2.60. The fraction of sp³-hybridized carbons (Fsp3) is 0.538. The Morgan fingerprint density at radius 2 is 2.21 bits per heavy atom. The van der Waals surface area contributed by atoms with E-state index in [-0.39, 0.29) is 5.46 Å². The second kappa shape index (κ2) is 6.48. The van der Waals surface area contributed by atoms with Crippen LogP contribution in [0.4, 0.5) is 4.39 Å². The van der Waals surface area contributed by atoms with Gasteiger partial charge in [-0.15, -0.1) is 0 Å². The quantitative estimate of drug-likeness (QED) is 0.736. The Labute approximate surface area is 113 Å². The van der Waals surface area contributed by atoms with Gasteiger partial charge < -0.3 is 14.8 Å². The number of rotatable bonds is 5. The molecule has 104 valence electrons. The van der Waals surface area contributed by atoms with Crippen LogP contribution in [0.25, 0.3) is 0 Å². The largest absolute Gasteiger partial charge is 0.488 e. The number of methoxy groups -OCH3 is 1. The van der Waals surface area contributed by atoms with Crippen molar-refractivity contribution in [3.05, 3.63) is 29.6 Å². The van der Waals surface area contributed by atoms with Crippen LogP contribution in [0, 0.1) is 11.7 Å². The zero-order valence-corrected chi connectivity index (χ0v) is 11.1. The number of likely N-dealkylation sites (tertiary alicyclic amines) is 1. The first-order valence-corrected chi connectivity index (χ1v) is 6.45. The van der Waals surface area contributed by atoms with E-state index in [2.05, 4.69) is 4.90 Å². The summed E-state index contributed by atoms with van der Waals surface area (Å²) in [4.78, 5) is 2.23. The van der Waals surface area contributed by atoms with E-state index in [0.29, 0.717) is 12.5 Å². The summed E-state index contributed by atoms with van der Waals surface area (Å²) < 4.78 is 18.5. The lowest BCUT2D eigenvalue weighted by molar-refractivity contribution is 0.152. The molecule has 2 N–H and O–H groups in total. The van der Waals surface area contributed by atoms with Gasteiger partial charge in [0.2, 0.25) is 0 Å². The number of halogens is 1. The minimum absolute atomic E-state index is 0.197. The first kappa shape index (κ1) is 14.5. The van der Waals surface area contributed by atoms with Crippen LogP contribution in [-0.4, -0.2) is 48.9 Å². The molecule has 1 atom stereocenters. The summed E-state index contributed by atoms with van der Waals surface area (Å²) in [5.74, 6) is 0.0923. The summed E-state index contributed by atoms with van der Waals surface area (Å²) in [5, 5.41) is 18.2. The highest BCUT2D eigenvalue weighted by molar-refractivity contribution is 6.58. The topological polar surface area (TPSA) is 52.9 Å². The van der Waals surface area contributed by atoms with Crippen molar-refractivity contribution in [2.24, 2.45) is 5.92 Å². The highest BCUT2D eigenvalue weighted by Gasteiger charge is 2.23. The van der Waals surface area contributed by atoms with E-state index in [0.717, 1.165) is 37.7 Å². The Morgan fingerprint density at radius 3 is 2.89 bits per heavy atom. The fourth-order valence-corrected chi connectivity index (χ4v) is 2.60. The molecule has 0 spiro atoms. The van der Waals surface area contributed by atoms with Crippen LogP contribution in [0.3, 0.4) is 0 Å². The highest BCUT2D eigenvalue weighted by atomic mass is 19.1. The van der Waals surface area contributed by atoms with Crippen molar-refractivity contribution >= 4 is 12.6 Å². The van der Waals surface area contributed by atoms with Crippen LogP contribution in [0.1, 0.15) is 12.0 Å². The molecule has 1 aliphatic rings. The second-order valence-corrected chi connectivity index (χ2v) is 5.11. The zero-order valence-electron chi connectivity index (χ0n) is 11.1. The molecule has 0 saturated carbocycles. The highest BCUT2D eigenvalue weighted by Crippen LogP contribution is 2.18. The first-order chi connectivity index (χ1) is 9.08. The molecule has 0 amide bonds. The van der Waals surface area contributed by atoms with Crippen LogP contribution in [0.2, 0.25) is 0 Å². The monoisotopic (exact) mass is 267 g/mol. The van der Waals surface area contributed by atoms with Gasteiger partial charge >= 0.3 is 7.12 Å². The van der Waals surface area contributed by atoms with Crippen molar-refractivity contribution < 1.29 is 19.2 Å². The Hall–Kier alpha value is -0.945. The van der Waals surface area contributed by atoms with Gasteiger partial charge in [0.15, 0.2) is 0 Å². The summed E-state index contributed by atoms with van der Waals surface area (Å²) in [6.45, 7) is 3.26.